The van der Waals surface area contributed by atoms with Crippen molar-refractivity contribution in [3.05, 3.63) is 141 Å². The van der Waals surface area contributed by atoms with Crippen LogP contribution in [0.15, 0.2) is 108 Å². The summed E-state index contributed by atoms with van der Waals surface area (Å²) < 4.78 is 15.3. The van der Waals surface area contributed by atoms with Crippen LogP contribution < -0.4 is 5.56 Å². The molecule has 0 bridgehead atoms. The number of amides is 1. The standard InChI is InChI=1S/C31H25ClFN3O2/c1-2-28(35(20-21-10-4-3-5-11-21)30(37)24-12-6-8-14-26(24)32)29-34-27-15-9-7-13-25(27)31(38)36(29)23-18-16-22(33)17-19-23/h3-19,28H,2,20H2,1H3. The normalized spacial score (nSPS) is 11.9. The molecular formula is C31H25ClFN3O2. The van der Waals surface area contributed by atoms with Gasteiger partial charge in [-0.25, -0.2) is 9.37 Å². The predicted molar refractivity (Wildman–Crippen MR) is 148 cm³/mol. The lowest BCUT2D eigenvalue weighted by molar-refractivity contribution is 0.0641. The van der Waals surface area contributed by atoms with E-state index < -0.39 is 11.9 Å². The lowest BCUT2D eigenvalue weighted by atomic mass is 10.1. The first-order valence-electron chi connectivity index (χ1n) is 12.3. The third kappa shape index (κ3) is 4.95. The van der Waals surface area contributed by atoms with Crippen molar-refractivity contribution in [3.63, 3.8) is 0 Å². The van der Waals surface area contributed by atoms with Crippen LogP contribution in [-0.4, -0.2) is 20.4 Å². The van der Waals surface area contributed by atoms with Crippen LogP contribution in [0.2, 0.25) is 5.02 Å². The average Bonchev–Trinajstić information content (AvgIpc) is 2.94. The number of benzene rings is 4. The molecule has 1 heterocycles. The van der Waals surface area contributed by atoms with Gasteiger partial charge in [0.15, 0.2) is 0 Å². The van der Waals surface area contributed by atoms with E-state index >= 15 is 0 Å². The third-order valence-electron chi connectivity index (χ3n) is 6.51. The van der Waals surface area contributed by atoms with Gasteiger partial charge in [-0.15, -0.1) is 0 Å². The van der Waals surface area contributed by atoms with Gasteiger partial charge in [0, 0.05) is 6.54 Å². The van der Waals surface area contributed by atoms with Crippen molar-refractivity contribution in [2.45, 2.75) is 25.9 Å². The van der Waals surface area contributed by atoms with Crippen molar-refractivity contribution >= 4 is 28.4 Å². The quantitative estimate of drug-likeness (QED) is 0.230. The molecule has 0 spiro atoms. The van der Waals surface area contributed by atoms with Gasteiger partial charge in [0.2, 0.25) is 0 Å². The van der Waals surface area contributed by atoms with E-state index in [0.29, 0.717) is 39.4 Å². The second kappa shape index (κ2) is 11.0. The Kier molecular flexibility index (Phi) is 7.33. The smallest absolute Gasteiger partial charge is 0.266 e. The van der Waals surface area contributed by atoms with Gasteiger partial charge in [-0.1, -0.05) is 73.1 Å². The van der Waals surface area contributed by atoms with E-state index in [1.165, 1.54) is 16.7 Å². The Morgan fingerprint density at radius 3 is 2.29 bits per heavy atom. The molecule has 5 aromatic rings. The lowest BCUT2D eigenvalue weighted by Gasteiger charge is -2.33. The Morgan fingerprint density at radius 2 is 1.58 bits per heavy atom. The van der Waals surface area contributed by atoms with Gasteiger partial charge in [0.1, 0.15) is 11.6 Å². The third-order valence-corrected chi connectivity index (χ3v) is 6.84. The van der Waals surface area contributed by atoms with E-state index in [-0.39, 0.29) is 18.0 Å². The molecule has 5 rings (SSSR count). The van der Waals surface area contributed by atoms with Gasteiger partial charge in [-0.05, 0) is 60.5 Å². The maximum absolute atomic E-state index is 14.1. The molecule has 0 fully saturated rings. The largest absolute Gasteiger partial charge is 0.324 e. The SMILES string of the molecule is CCC(c1nc2ccccc2c(=O)n1-c1ccc(F)cc1)N(Cc1ccccc1)C(=O)c1ccccc1Cl. The summed E-state index contributed by atoms with van der Waals surface area (Å²) in [5.41, 5.74) is 1.98. The number of aromatic nitrogens is 2. The van der Waals surface area contributed by atoms with Crippen molar-refractivity contribution in [2.24, 2.45) is 0 Å². The Bertz CT molecular complexity index is 1650. The fourth-order valence-corrected chi connectivity index (χ4v) is 4.87. The van der Waals surface area contributed by atoms with Crippen LogP contribution in [0.3, 0.4) is 0 Å². The van der Waals surface area contributed by atoms with E-state index in [1.807, 2.05) is 43.3 Å². The Labute approximate surface area is 224 Å². The van der Waals surface area contributed by atoms with Gasteiger partial charge < -0.3 is 4.90 Å². The molecule has 1 atom stereocenters. The lowest BCUT2D eigenvalue weighted by Crippen LogP contribution is -2.38. The van der Waals surface area contributed by atoms with E-state index in [1.54, 1.807) is 59.5 Å². The molecule has 1 unspecified atom stereocenters. The number of nitrogens with zero attached hydrogens (tertiary/aromatic N) is 3. The fraction of sp³-hybridized carbons (Fsp3) is 0.129. The van der Waals surface area contributed by atoms with Gasteiger partial charge in [0.05, 0.1) is 33.2 Å². The highest BCUT2D eigenvalue weighted by molar-refractivity contribution is 6.33. The number of hydrogen-bond donors (Lipinski definition) is 0. The van der Waals surface area contributed by atoms with E-state index in [4.69, 9.17) is 16.6 Å². The van der Waals surface area contributed by atoms with Crippen LogP contribution in [-0.2, 0) is 6.54 Å². The molecule has 0 N–H and O–H groups in total. The summed E-state index contributed by atoms with van der Waals surface area (Å²) >= 11 is 6.45. The van der Waals surface area contributed by atoms with Crippen molar-refractivity contribution in [2.75, 3.05) is 0 Å². The minimum Gasteiger partial charge on any atom is -0.324 e. The second-order valence-corrected chi connectivity index (χ2v) is 9.33. The van der Waals surface area contributed by atoms with E-state index in [2.05, 4.69) is 0 Å². The molecular weight excluding hydrogens is 501 g/mol. The van der Waals surface area contributed by atoms with Crippen LogP contribution in [0, 0.1) is 5.82 Å². The molecule has 7 heteroatoms. The minimum absolute atomic E-state index is 0.273. The number of carbonyl (C=O) groups excluding carboxylic acids is 1. The molecule has 0 aliphatic rings. The Morgan fingerprint density at radius 1 is 0.921 bits per heavy atom. The molecule has 5 nitrogen and oxygen atoms in total. The summed E-state index contributed by atoms with van der Waals surface area (Å²) in [6, 6.07) is 28.7. The number of para-hydroxylation sites is 1. The number of halogens is 2. The van der Waals surface area contributed by atoms with E-state index in [9.17, 15) is 14.0 Å². The number of rotatable bonds is 7. The Balaban J connectivity index is 1.74. The molecule has 4 aromatic carbocycles. The highest BCUT2D eigenvalue weighted by atomic mass is 35.5. The molecule has 0 aliphatic heterocycles. The van der Waals surface area contributed by atoms with E-state index in [0.717, 1.165) is 5.56 Å². The maximum Gasteiger partial charge on any atom is 0.266 e. The summed E-state index contributed by atoms with van der Waals surface area (Å²) in [5.74, 6) is -0.303. The molecule has 0 aliphatic carbocycles. The Hall–Kier alpha value is -4.29. The first-order chi connectivity index (χ1) is 18.5. The van der Waals surface area contributed by atoms with Crippen LogP contribution in [0.25, 0.3) is 16.6 Å². The van der Waals surface area contributed by atoms with Crippen molar-refractivity contribution in [1.29, 1.82) is 0 Å². The monoisotopic (exact) mass is 525 g/mol. The van der Waals surface area contributed by atoms with Crippen LogP contribution in [0.4, 0.5) is 4.39 Å². The summed E-state index contributed by atoms with van der Waals surface area (Å²) in [4.78, 5) is 34.5. The molecule has 0 saturated heterocycles. The number of carbonyl (C=O) groups is 1. The zero-order valence-electron chi connectivity index (χ0n) is 20.7. The molecule has 1 aromatic heterocycles. The van der Waals surface area contributed by atoms with Crippen LogP contribution in [0.1, 0.15) is 41.1 Å². The molecule has 38 heavy (non-hydrogen) atoms. The highest BCUT2D eigenvalue weighted by Gasteiger charge is 2.30. The topological polar surface area (TPSA) is 55.2 Å². The zero-order valence-corrected chi connectivity index (χ0v) is 21.5. The molecule has 190 valence electrons. The van der Waals surface area contributed by atoms with Crippen molar-refractivity contribution in [1.82, 2.24) is 14.5 Å². The number of hydrogen-bond acceptors (Lipinski definition) is 3. The van der Waals surface area contributed by atoms with Gasteiger partial charge in [0.25, 0.3) is 11.5 Å². The molecule has 0 radical (unpaired) electrons. The number of fused-ring (bicyclic) bond motifs is 1. The average molecular weight is 526 g/mol. The highest BCUT2D eigenvalue weighted by Crippen LogP contribution is 2.30. The molecule has 0 saturated carbocycles. The predicted octanol–water partition coefficient (Wildman–Crippen LogP) is 6.97. The summed E-state index contributed by atoms with van der Waals surface area (Å²) in [6.07, 6.45) is 0.467. The second-order valence-electron chi connectivity index (χ2n) is 8.93. The van der Waals surface area contributed by atoms with Crippen LogP contribution in [0.5, 0.6) is 0 Å². The van der Waals surface area contributed by atoms with Gasteiger partial charge >= 0.3 is 0 Å². The van der Waals surface area contributed by atoms with Gasteiger partial charge in [-0.3, -0.25) is 14.2 Å². The summed E-state index contributed by atoms with van der Waals surface area (Å²) in [6.45, 7) is 2.22. The summed E-state index contributed by atoms with van der Waals surface area (Å²) in [5, 5.41) is 0.773. The zero-order chi connectivity index (χ0) is 26.6. The van der Waals surface area contributed by atoms with Crippen LogP contribution >= 0.6 is 11.6 Å². The first kappa shape index (κ1) is 25.4. The van der Waals surface area contributed by atoms with Crippen molar-refractivity contribution < 1.29 is 9.18 Å². The molecule has 1 amide bonds. The first-order valence-corrected chi connectivity index (χ1v) is 12.7. The van der Waals surface area contributed by atoms with Gasteiger partial charge in [-0.2, -0.15) is 0 Å². The summed E-state index contributed by atoms with van der Waals surface area (Å²) in [7, 11) is 0. The maximum atomic E-state index is 14.1. The van der Waals surface area contributed by atoms with Crippen molar-refractivity contribution in [3.8, 4) is 5.69 Å². The fourth-order valence-electron chi connectivity index (χ4n) is 4.65. The minimum atomic E-state index is -0.596.